The number of benzene rings is 2. The number of nitrogens with one attached hydrogen (secondary N) is 1. The number of carbonyl (C=O) groups excluding carboxylic acids is 2. The van der Waals surface area contributed by atoms with Crippen molar-refractivity contribution in [1.82, 2.24) is 10.2 Å². The van der Waals surface area contributed by atoms with Crippen LogP contribution in [0.4, 0.5) is 4.39 Å². The molecule has 6 nitrogen and oxygen atoms in total. The van der Waals surface area contributed by atoms with Crippen LogP contribution in [-0.2, 0) is 4.79 Å². The number of amides is 2. The number of hydrogen-bond donors (Lipinski definition) is 2. The Hall–Kier alpha value is -3.45. The van der Waals surface area contributed by atoms with E-state index in [1.54, 1.807) is 56.3 Å². The predicted octanol–water partition coefficient (Wildman–Crippen LogP) is 5.11. The molecule has 0 radical (unpaired) electrons. The van der Waals surface area contributed by atoms with Crippen LogP contribution in [-0.4, -0.2) is 36.5 Å². The van der Waals surface area contributed by atoms with E-state index in [9.17, 15) is 14.0 Å². The van der Waals surface area contributed by atoms with Crippen LogP contribution < -0.4 is 11.1 Å². The van der Waals surface area contributed by atoms with Gasteiger partial charge in [0.05, 0.1) is 11.6 Å². The Bertz CT molecular complexity index is 1210. The molecule has 2 aromatic rings. The van der Waals surface area contributed by atoms with Gasteiger partial charge in [-0.25, -0.2) is 9.38 Å². The van der Waals surface area contributed by atoms with Gasteiger partial charge in [0.2, 0.25) is 5.91 Å². The Labute approximate surface area is 210 Å². The van der Waals surface area contributed by atoms with Crippen LogP contribution in [0.5, 0.6) is 0 Å². The fraction of sp³-hybridized carbons (Fsp3) is 0.296. The van der Waals surface area contributed by atoms with Crippen molar-refractivity contribution in [2.24, 2.45) is 16.6 Å². The number of allylic oxidation sites excluding steroid dienone is 2. The zero-order chi connectivity index (χ0) is 25.7. The number of nitrogens with two attached hydrogens (primary N) is 1. The van der Waals surface area contributed by atoms with Crippen molar-refractivity contribution < 1.29 is 14.0 Å². The molecule has 1 heterocycles. The van der Waals surface area contributed by atoms with Crippen molar-refractivity contribution in [2.45, 2.75) is 32.7 Å². The van der Waals surface area contributed by atoms with Crippen molar-refractivity contribution in [3.05, 3.63) is 88.0 Å². The number of aliphatic imine (C=N–C) groups is 1. The Morgan fingerprint density at radius 3 is 2.74 bits per heavy atom. The molecule has 2 amide bonds. The van der Waals surface area contributed by atoms with Gasteiger partial charge in [-0.1, -0.05) is 36.4 Å². The molecule has 1 saturated heterocycles. The van der Waals surface area contributed by atoms with Gasteiger partial charge in [0, 0.05) is 31.3 Å². The van der Waals surface area contributed by atoms with Gasteiger partial charge in [-0.05, 0) is 72.7 Å². The summed E-state index contributed by atoms with van der Waals surface area (Å²) in [6.45, 7) is 8.23. The van der Waals surface area contributed by atoms with Crippen LogP contribution >= 0.6 is 11.6 Å². The van der Waals surface area contributed by atoms with E-state index in [0.717, 1.165) is 17.6 Å². The van der Waals surface area contributed by atoms with E-state index < -0.39 is 11.7 Å². The van der Waals surface area contributed by atoms with Crippen molar-refractivity contribution in [1.29, 1.82) is 0 Å². The predicted molar refractivity (Wildman–Crippen MR) is 139 cm³/mol. The third-order valence-electron chi connectivity index (χ3n) is 6.28. The summed E-state index contributed by atoms with van der Waals surface area (Å²) in [5, 5.41) is 3.35. The molecule has 0 spiro atoms. The lowest BCUT2D eigenvalue weighted by Crippen LogP contribution is -2.36. The van der Waals surface area contributed by atoms with Gasteiger partial charge < -0.3 is 16.0 Å². The summed E-state index contributed by atoms with van der Waals surface area (Å²) >= 11 is 6.01. The SMILES string of the molecule is C=C(C=N/C(N)=C(\C)c1ccc(C(=O)N[C@H](C)c2cccc(Cl)c2)c(F)c1)[C@@H]1CCN(C)C(=O)C1. The molecular weight excluding hydrogens is 467 g/mol. The zero-order valence-corrected chi connectivity index (χ0v) is 20.9. The lowest BCUT2D eigenvalue weighted by molar-refractivity contribution is -0.132. The van der Waals surface area contributed by atoms with E-state index in [1.807, 2.05) is 6.07 Å². The van der Waals surface area contributed by atoms with Crippen LogP contribution in [0.3, 0.4) is 0 Å². The van der Waals surface area contributed by atoms with E-state index in [-0.39, 0.29) is 29.3 Å². The summed E-state index contributed by atoms with van der Waals surface area (Å²) in [5.41, 5.74) is 8.67. The normalized spacial score (nSPS) is 17.8. The molecule has 3 N–H and O–H groups in total. The van der Waals surface area contributed by atoms with E-state index in [0.29, 0.717) is 29.1 Å². The topological polar surface area (TPSA) is 87.8 Å². The molecule has 0 unspecified atom stereocenters. The highest BCUT2D eigenvalue weighted by Gasteiger charge is 2.24. The minimum atomic E-state index is -0.663. The molecule has 2 atom stereocenters. The summed E-state index contributed by atoms with van der Waals surface area (Å²) in [7, 11) is 1.79. The first-order chi connectivity index (χ1) is 16.6. The lowest BCUT2D eigenvalue weighted by Gasteiger charge is -2.28. The number of rotatable bonds is 7. The average molecular weight is 497 g/mol. The van der Waals surface area contributed by atoms with E-state index >= 15 is 0 Å². The van der Waals surface area contributed by atoms with Crippen LogP contribution in [0.1, 0.15) is 54.2 Å². The highest BCUT2D eigenvalue weighted by molar-refractivity contribution is 6.30. The van der Waals surface area contributed by atoms with Crippen molar-refractivity contribution in [3.8, 4) is 0 Å². The van der Waals surface area contributed by atoms with Crippen molar-refractivity contribution >= 4 is 35.2 Å². The Morgan fingerprint density at radius 2 is 2.09 bits per heavy atom. The van der Waals surface area contributed by atoms with E-state index in [1.165, 1.54) is 12.1 Å². The number of carbonyl (C=O) groups is 2. The summed E-state index contributed by atoms with van der Waals surface area (Å²) in [5.74, 6) is -0.879. The molecule has 1 fully saturated rings. The second-order valence-corrected chi connectivity index (χ2v) is 9.23. The monoisotopic (exact) mass is 496 g/mol. The van der Waals surface area contributed by atoms with E-state index in [2.05, 4.69) is 16.9 Å². The molecule has 1 aliphatic heterocycles. The van der Waals surface area contributed by atoms with Crippen LogP contribution in [0.15, 0.2) is 65.4 Å². The standard InChI is InChI=1S/C27H30ClFN4O2/c1-16(19-10-11-33(4)25(34)14-19)15-31-26(30)17(2)20-8-9-23(24(29)13-20)27(35)32-18(3)21-6-5-7-22(28)12-21/h5-9,12-13,15,18-19H,1,10-11,14,30H2,2-4H3,(H,32,35)/b26-17+,31-15?/t18-,19-/m1/s1. The van der Waals surface area contributed by atoms with Gasteiger partial charge in [-0.2, -0.15) is 0 Å². The summed E-state index contributed by atoms with van der Waals surface area (Å²) in [6, 6.07) is 11.1. The maximum absolute atomic E-state index is 14.8. The highest BCUT2D eigenvalue weighted by Crippen LogP contribution is 2.24. The number of likely N-dealkylation sites (tertiary alicyclic amines) is 1. The van der Waals surface area contributed by atoms with Gasteiger partial charge in [0.15, 0.2) is 0 Å². The largest absolute Gasteiger partial charge is 0.383 e. The second kappa shape index (κ2) is 11.3. The minimum absolute atomic E-state index is 0.0279. The molecule has 184 valence electrons. The zero-order valence-electron chi connectivity index (χ0n) is 20.1. The Kier molecular flexibility index (Phi) is 8.46. The average Bonchev–Trinajstić information content (AvgIpc) is 2.83. The highest BCUT2D eigenvalue weighted by atomic mass is 35.5. The third kappa shape index (κ3) is 6.57. The fourth-order valence-corrected chi connectivity index (χ4v) is 4.03. The van der Waals surface area contributed by atoms with Gasteiger partial charge in [-0.3, -0.25) is 9.59 Å². The van der Waals surface area contributed by atoms with Crippen molar-refractivity contribution in [3.63, 3.8) is 0 Å². The summed E-state index contributed by atoms with van der Waals surface area (Å²) in [6.07, 6.45) is 2.78. The van der Waals surface area contributed by atoms with Gasteiger partial charge >= 0.3 is 0 Å². The molecule has 1 aliphatic rings. The van der Waals surface area contributed by atoms with Gasteiger partial charge in [-0.15, -0.1) is 0 Å². The Balaban J connectivity index is 1.69. The fourth-order valence-electron chi connectivity index (χ4n) is 3.83. The number of halogens is 2. The maximum atomic E-state index is 14.8. The molecule has 35 heavy (non-hydrogen) atoms. The first-order valence-corrected chi connectivity index (χ1v) is 11.7. The van der Waals surface area contributed by atoms with Gasteiger partial charge in [0.25, 0.3) is 5.91 Å². The van der Waals surface area contributed by atoms with Crippen LogP contribution in [0.25, 0.3) is 5.57 Å². The molecule has 2 aromatic carbocycles. The van der Waals surface area contributed by atoms with Crippen LogP contribution in [0, 0.1) is 11.7 Å². The Morgan fingerprint density at radius 1 is 1.34 bits per heavy atom. The lowest BCUT2D eigenvalue weighted by atomic mass is 9.90. The summed E-state index contributed by atoms with van der Waals surface area (Å²) in [4.78, 5) is 30.6. The van der Waals surface area contributed by atoms with Crippen LogP contribution in [0.2, 0.25) is 5.02 Å². The molecule has 0 aromatic heterocycles. The smallest absolute Gasteiger partial charge is 0.254 e. The first-order valence-electron chi connectivity index (χ1n) is 11.4. The second-order valence-electron chi connectivity index (χ2n) is 8.79. The summed E-state index contributed by atoms with van der Waals surface area (Å²) < 4.78 is 14.8. The third-order valence-corrected chi connectivity index (χ3v) is 6.52. The first kappa shape index (κ1) is 26.2. The molecule has 0 saturated carbocycles. The number of nitrogens with zero attached hydrogens (tertiary/aromatic N) is 2. The molecule has 0 aliphatic carbocycles. The quantitative estimate of drug-likeness (QED) is 0.522. The molecule has 8 heteroatoms. The minimum Gasteiger partial charge on any atom is -0.383 e. The molecule has 0 bridgehead atoms. The number of piperidine rings is 1. The van der Waals surface area contributed by atoms with E-state index in [4.69, 9.17) is 17.3 Å². The molecule has 3 rings (SSSR count). The maximum Gasteiger partial charge on any atom is 0.254 e. The van der Waals surface area contributed by atoms with Crippen molar-refractivity contribution in [2.75, 3.05) is 13.6 Å². The van der Waals surface area contributed by atoms with Gasteiger partial charge in [0.1, 0.15) is 11.6 Å². The molecular formula is C27H30ClFN4O2. The number of hydrogen-bond acceptors (Lipinski definition) is 4.